The van der Waals surface area contributed by atoms with Crippen LogP contribution in [0.4, 0.5) is 0 Å². The molecule has 0 unspecified atom stereocenters. The molecule has 0 aliphatic carbocycles. The molecule has 0 bridgehead atoms. The lowest BCUT2D eigenvalue weighted by Crippen LogP contribution is -2.43. The van der Waals surface area contributed by atoms with E-state index in [0.717, 1.165) is 12.8 Å². The van der Waals surface area contributed by atoms with Crippen molar-refractivity contribution in [2.24, 2.45) is 0 Å². The van der Waals surface area contributed by atoms with Gasteiger partial charge in [-0.2, -0.15) is 0 Å². The van der Waals surface area contributed by atoms with E-state index in [1.165, 1.54) is 0 Å². The third kappa shape index (κ3) is 8.61. The highest BCUT2D eigenvalue weighted by atomic mass is 28.4. The summed E-state index contributed by atoms with van der Waals surface area (Å²) in [5.41, 5.74) is 0. The van der Waals surface area contributed by atoms with Crippen molar-refractivity contribution in [3.05, 3.63) is 24.3 Å². The summed E-state index contributed by atoms with van der Waals surface area (Å²) in [4.78, 5) is 0. The van der Waals surface area contributed by atoms with Crippen molar-refractivity contribution < 1.29 is 4.43 Å². The zero-order valence-electron chi connectivity index (χ0n) is 14.5. The standard InChI is InChI=1S/C19H30OSi/c1-8-10-12-13-15-17-18(16-14-11-9-2)20-21(6,7)19(3,4)5/h1,11,14-15,17-18H,9-10,16H2,2-7H3/b14-11-,17-15+/t18-/m0/s1. The van der Waals surface area contributed by atoms with Crippen LogP contribution >= 0.6 is 0 Å². The summed E-state index contributed by atoms with van der Waals surface area (Å²) in [6.07, 6.45) is 16.0. The number of rotatable bonds is 6. The zero-order valence-corrected chi connectivity index (χ0v) is 15.5. The Labute approximate surface area is 133 Å². The molecule has 0 aromatic carbocycles. The maximum Gasteiger partial charge on any atom is 0.192 e. The van der Waals surface area contributed by atoms with Crippen LogP contribution in [0, 0.1) is 24.2 Å². The molecule has 1 nitrogen and oxygen atoms in total. The third-order valence-corrected chi connectivity index (χ3v) is 8.21. The molecule has 0 aromatic rings. The van der Waals surface area contributed by atoms with E-state index in [1.54, 1.807) is 0 Å². The van der Waals surface area contributed by atoms with Crippen molar-refractivity contribution in [2.75, 3.05) is 0 Å². The second-order valence-electron chi connectivity index (χ2n) is 6.59. The van der Waals surface area contributed by atoms with Crippen LogP contribution in [0.1, 0.15) is 47.0 Å². The van der Waals surface area contributed by atoms with Crippen molar-refractivity contribution >= 4 is 8.32 Å². The highest BCUT2D eigenvalue weighted by Crippen LogP contribution is 2.37. The fourth-order valence-corrected chi connectivity index (χ4v) is 2.72. The summed E-state index contributed by atoms with van der Waals surface area (Å²) in [6, 6.07) is 0. The fourth-order valence-electron chi connectivity index (χ4n) is 1.43. The Kier molecular flexibility index (Phi) is 9.10. The normalized spacial score (nSPS) is 14.0. The highest BCUT2D eigenvalue weighted by molar-refractivity contribution is 6.74. The first-order chi connectivity index (χ1) is 9.74. The van der Waals surface area contributed by atoms with Crippen LogP contribution in [0.5, 0.6) is 0 Å². The predicted molar refractivity (Wildman–Crippen MR) is 96.5 cm³/mol. The summed E-state index contributed by atoms with van der Waals surface area (Å²) in [6.45, 7) is 13.5. The molecule has 0 saturated heterocycles. The van der Waals surface area contributed by atoms with Crippen LogP contribution in [0.3, 0.4) is 0 Å². The van der Waals surface area contributed by atoms with Gasteiger partial charge in [-0.1, -0.05) is 57.6 Å². The van der Waals surface area contributed by atoms with Gasteiger partial charge in [0.05, 0.1) is 12.5 Å². The second kappa shape index (κ2) is 9.67. The molecule has 0 spiro atoms. The van der Waals surface area contributed by atoms with Crippen molar-refractivity contribution in [3.63, 3.8) is 0 Å². The van der Waals surface area contributed by atoms with Gasteiger partial charge < -0.3 is 4.43 Å². The maximum atomic E-state index is 6.45. The molecule has 0 fully saturated rings. The van der Waals surface area contributed by atoms with E-state index < -0.39 is 8.32 Å². The minimum absolute atomic E-state index is 0.0915. The van der Waals surface area contributed by atoms with Gasteiger partial charge in [0.25, 0.3) is 0 Å². The molecule has 2 heteroatoms. The SMILES string of the molecule is C#CCC#C/C=C/[C@H](C/C=C\CC)O[Si](C)(C)C(C)(C)C. The summed E-state index contributed by atoms with van der Waals surface area (Å²) >= 11 is 0. The van der Waals surface area contributed by atoms with Gasteiger partial charge in [-0.15, -0.1) is 6.42 Å². The first-order valence-corrected chi connectivity index (χ1v) is 10.6. The molecule has 0 radical (unpaired) electrons. The lowest BCUT2D eigenvalue weighted by molar-refractivity contribution is 0.228. The van der Waals surface area contributed by atoms with E-state index >= 15 is 0 Å². The number of hydrogen-bond acceptors (Lipinski definition) is 1. The lowest BCUT2D eigenvalue weighted by Gasteiger charge is -2.38. The highest BCUT2D eigenvalue weighted by Gasteiger charge is 2.38. The van der Waals surface area contributed by atoms with Gasteiger partial charge in [0, 0.05) is 0 Å². The Morgan fingerprint density at radius 1 is 1.24 bits per heavy atom. The average Bonchev–Trinajstić information content (AvgIpc) is 2.36. The maximum absolute atomic E-state index is 6.45. The van der Waals surface area contributed by atoms with Gasteiger partial charge in [-0.05, 0) is 43.1 Å². The lowest BCUT2D eigenvalue weighted by atomic mass is 10.2. The van der Waals surface area contributed by atoms with Gasteiger partial charge in [-0.3, -0.25) is 0 Å². The summed E-state index contributed by atoms with van der Waals surface area (Å²) in [7, 11) is -1.77. The molecular weight excluding hydrogens is 272 g/mol. The fraction of sp³-hybridized carbons (Fsp3) is 0.579. The minimum Gasteiger partial charge on any atom is -0.410 e. The molecule has 116 valence electrons. The Morgan fingerprint density at radius 3 is 2.43 bits per heavy atom. The molecule has 0 aromatic heterocycles. The van der Waals surface area contributed by atoms with Crippen molar-refractivity contribution in [1.29, 1.82) is 0 Å². The van der Waals surface area contributed by atoms with Gasteiger partial charge >= 0.3 is 0 Å². The van der Waals surface area contributed by atoms with E-state index in [1.807, 2.05) is 6.08 Å². The van der Waals surface area contributed by atoms with E-state index in [4.69, 9.17) is 10.8 Å². The largest absolute Gasteiger partial charge is 0.410 e. The van der Waals surface area contributed by atoms with Crippen LogP contribution in [0.25, 0.3) is 0 Å². The molecule has 0 aliphatic heterocycles. The first-order valence-electron chi connectivity index (χ1n) is 7.66. The molecule has 0 N–H and O–H groups in total. The zero-order chi connectivity index (χ0) is 16.4. The predicted octanol–water partition coefficient (Wildman–Crippen LogP) is 5.32. The smallest absolute Gasteiger partial charge is 0.192 e. The van der Waals surface area contributed by atoms with E-state index in [0.29, 0.717) is 6.42 Å². The number of terminal acetylenes is 1. The van der Waals surface area contributed by atoms with Crippen molar-refractivity contribution in [3.8, 4) is 24.2 Å². The molecular formula is C19H30OSi. The Balaban J connectivity index is 4.88. The molecule has 0 aliphatic rings. The summed E-state index contributed by atoms with van der Waals surface area (Å²) < 4.78 is 6.45. The van der Waals surface area contributed by atoms with E-state index in [-0.39, 0.29) is 11.1 Å². The molecule has 0 saturated carbocycles. The molecule has 21 heavy (non-hydrogen) atoms. The summed E-state index contributed by atoms with van der Waals surface area (Å²) in [5.74, 6) is 8.40. The Morgan fingerprint density at radius 2 is 1.90 bits per heavy atom. The second-order valence-corrected chi connectivity index (χ2v) is 11.3. The third-order valence-electron chi connectivity index (χ3n) is 3.71. The van der Waals surface area contributed by atoms with E-state index in [2.05, 4.69) is 76.8 Å². The van der Waals surface area contributed by atoms with Gasteiger partial charge in [-0.25, -0.2) is 0 Å². The first kappa shape index (κ1) is 19.8. The Bertz CT molecular complexity index is 447. The van der Waals surface area contributed by atoms with Gasteiger partial charge in [0.1, 0.15) is 0 Å². The van der Waals surface area contributed by atoms with Crippen LogP contribution < -0.4 is 0 Å². The van der Waals surface area contributed by atoms with Crippen LogP contribution in [-0.4, -0.2) is 14.4 Å². The molecule has 0 rings (SSSR count). The van der Waals surface area contributed by atoms with Gasteiger partial charge in [0.2, 0.25) is 0 Å². The topological polar surface area (TPSA) is 9.23 Å². The van der Waals surface area contributed by atoms with E-state index in [9.17, 15) is 0 Å². The Hall–Kier alpha value is -1.22. The quantitative estimate of drug-likeness (QED) is 0.367. The molecule has 1 atom stereocenters. The van der Waals surface area contributed by atoms with Gasteiger partial charge in [0.15, 0.2) is 8.32 Å². The monoisotopic (exact) mass is 302 g/mol. The van der Waals surface area contributed by atoms with Crippen LogP contribution in [-0.2, 0) is 4.43 Å². The summed E-state index contributed by atoms with van der Waals surface area (Å²) in [5, 5.41) is 0.211. The molecule has 0 heterocycles. The number of allylic oxidation sites excluding steroid dienone is 2. The average molecular weight is 303 g/mol. The minimum atomic E-state index is -1.77. The van der Waals surface area contributed by atoms with Crippen molar-refractivity contribution in [1.82, 2.24) is 0 Å². The number of hydrogen-bond donors (Lipinski definition) is 0. The van der Waals surface area contributed by atoms with Crippen LogP contribution in [0.15, 0.2) is 24.3 Å². The van der Waals surface area contributed by atoms with Crippen LogP contribution in [0.2, 0.25) is 18.1 Å². The van der Waals surface area contributed by atoms with Crippen molar-refractivity contribution in [2.45, 2.75) is 71.2 Å². The molecule has 0 amide bonds.